The Bertz CT molecular complexity index is 1140. The smallest absolute Gasteiger partial charge is 0.414 e. The van der Waals surface area contributed by atoms with Gasteiger partial charge in [-0.25, -0.2) is 4.79 Å². The molecule has 2 aromatic carbocycles. The summed E-state index contributed by atoms with van der Waals surface area (Å²) < 4.78 is 10.6. The van der Waals surface area contributed by atoms with Crippen LogP contribution in [0.5, 0.6) is 0 Å². The molecule has 0 spiro atoms. The molecule has 0 radical (unpaired) electrons. The van der Waals surface area contributed by atoms with E-state index in [9.17, 15) is 14.4 Å². The quantitative estimate of drug-likeness (QED) is 0.320. The van der Waals surface area contributed by atoms with Crippen molar-refractivity contribution in [2.75, 3.05) is 57.3 Å². The molecule has 0 aromatic heterocycles. The van der Waals surface area contributed by atoms with Crippen LogP contribution in [0.3, 0.4) is 0 Å². The number of hydrogen-bond donors (Lipinski definition) is 2. The highest BCUT2D eigenvalue weighted by atomic mass is 16.6. The third-order valence-electron chi connectivity index (χ3n) is 6.55. The molecular formula is C27H33N5O5. The second-order valence-electron chi connectivity index (χ2n) is 9.19. The summed E-state index contributed by atoms with van der Waals surface area (Å²) in [5.74, 6) is -0.546. The van der Waals surface area contributed by atoms with E-state index in [4.69, 9.17) is 14.9 Å². The zero-order valence-corrected chi connectivity index (χ0v) is 21.2. The zero-order valence-electron chi connectivity index (χ0n) is 21.2. The number of nitrogens with one attached hydrogen (secondary N) is 2. The van der Waals surface area contributed by atoms with E-state index >= 15 is 0 Å². The summed E-state index contributed by atoms with van der Waals surface area (Å²) in [4.78, 5) is 42.6. The number of piperazine rings is 1. The summed E-state index contributed by atoms with van der Waals surface area (Å²) in [5, 5.41) is 10.9. The number of ether oxygens (including phenoxy) is 2. The second kappa shape index (κ2) is 12.0. The third kappa shape index (κ3) is 6.72. The Hall–Kier alpha value is -3.76. The van der Waals surface area contributed by atoms with Gasteiger partial charge in [-0.05, 0) is 49.7 Å². The predicted molar refractivity (Wildman–Crippen MR) is 139 cm³/mol. The standard InChI is InChI=1S/C27H33N5O5/c1-3-36-24(33)18-31-14-12-30(13-15-31)16-22-17-32(27(35)37-22)21-10-8-20(9-11-21)25(28)29-26(34)23-7-5-4-6-19(23)2/h4-11,22H,3,12-18H2,1-2H3,(H2,28,29,34). The maximum atomic E-state index is 12.5. The van der Waals surface area contributed by atoms with Crippen molar-refractivity contribution in [3.8, 4) is 0 Å². The lowest BCUT2D eigenvalue weighted by molar-refractivity contribution is -0.144. The predicted octanol–water partition coefficient (Wildman–Crippen LogP) is 2.26. The molecule has 0 bridgehead atoms. The van der Waals surface area contributed by atoms with Crippen LogP contribution < -0.4 is 10.2 Å². The minimum Gasteiger partial charge on any atom is -0.465 e. The Morgan fingerprint density at radius 3 is 2.41 bits per heavy atom. The Kier molecular flexibility index (Phi) is 8.52. The fraction of sp³-hybridized carbons (Fsp3) is 0.407. The number of carbonyl (C=O) groups excluding carboxylic acids is 3. The van der Waals surface area contributed by atoms with Crippen LogP contribution in [0.1, 0.15) is 28.4 Å². The number of benzene rings is 2. The molecule has 2 N–H and O–H groups in total. The molecule has 1 atom stereocenters. The van der Waals surface area contributed by atoms with Crippen LogP contribution in [0.2, 0.25) is 0 Å². The molecule has 4 rings (SSSR count). The van der Waals surface area contributed by atoms with Gasteiger partial charge in [0.2, 0.25) is 0 Å². The molecule has 37 heavy (non-hydrogen) atoms. The molecule has 0 aliphatic carbocycles. The number of amides is 2. The van der Waals surface area contributed by atoms with Crippen LogP contribution in [0, 0.1) is 12.3 Å². The molecule has 1 unspecified atom stereocenters. The average molecular weight is 508 g/mol. The van der Waals surface area contributed by atoms with Gasteiger partial charge in [0.25, 0.3) is 5.91 Å². The van der Waals surface area contributed by atoms with E-state index in [1.165, 1.54) is 0 Å². The topological polar surface area (TPSA) is 115 Å². The van der Waals surface area contributed by atoms with E-state index < -0.39 is 6.09 Å². The summed E-state index contributed by atoms with van der Waals surface area (Å²) >= 11 is 0. The molecule has 2 aliphatic rings. The molecule has 2 fully saturated rings. The molecule has 196 valence electrons. The lowest BCUT2D eigenvalue weighted by Gasteiger charge is -2.34. The van der Waals surface area contributed by atoms with Crippen molar-refractivity contribution in [3.05, 3.63) is 65.2 Å². The van der Waals surface area contributed by atoms with E-state index in [0.29, 0.717) is 43.1 Å². The maximum absolute atomic E-state index is 12.5. The summed E-state index contributed by atoms with van der Waals surface area (Å²) in [6.45, 7) is 8.50. The van der Waals surface area contributed by atoms with Gasteiger partial charge in [-0.3, -0.25) is 29.7 Å². The normalized spacial score (nSPS) is 18.4. The lowest BCUT2D eigenvalue weighted by Crippen LogP contribution is -2.50. The molecule has 0 saturated carbocycles. The maximum Gasteiger partial charge on any atom is 0.414 e. The summed E-state index contributed by atoms with van der Waals surface area (Å²) in [6.07, 6.45) is -0.655. The van der Waals surface area contributed by atoms with Crippen molar-refractivity contribution in [1.29, 1.82) is 5.41 Å². The summed E-state index contributed by atoms with van der Waals surface area (Å²) in [5.41, 5.74) is 2.57. The van der Waals surface area contributed by atoms with E-state index in [1.807, 2.05) is 19.1 Å². The minimum absolute atomic E-state index is 0.0104. The van der Waals surface area contributed by atoms with Gasteiger partial charge in [0.05, 0.1) is 19.7 Å². The average Bonchev–Trinajstić information content (AvgIpc) is 3.25. The number of cyclic esters (lactones) is 1. The molecule has 10 heteroatoms. The van der Waals surface area contributed by atoms with Gasteiger partial charge in [0.1, 0.15) is 11.9 Å². The Morgan fingerprint density at radius 2 is 1.73 bits per heavy atom. The van der Waals surface area contributed by atoms with Crippen LogP contribution in [-0.2, 0) is 14.3 Å². The van der Waals surface area contributed by atoms with Gasteiger partial charge >= 0.3 is 12.1 Å². The first-order valence-electron chi connectivity index (χ1n) is 12.5. The van der Waals surface area contributed by atoms with Crippen molar-refractivity contribution in [3.63, 3.8) is 0 Å². The van der Waals surface area contributed by atoms with Crippen molar-refractivity contribution >= 4 is 29.5 Å². The van der Waals surface area contributed by atoms with Crippen LogP contribution in [0.25, 0.3) is 0 Å². The van der Waals surface area contributed by atoms with Gasteiger partial charge in [-0.2, -0.15) is 0 Å². The molecule has 2 aliphatic heterocycles. The van der Waals surface area contributed by atoms with Crippen LogP contribution in [-0.4, -0.2) is 92.1 Å². The number of hydrogen-bond acceptors (Lipinski definition) is 8. The first-order valence-corrected chi connectivity index (χ1v) is 12.5. The highest BCUT2D eigenvalue weighted by molar-refractivity contribution is 6.12. The minimum atomic E-state index is -0.401. The van der Waals surface area contributed by atoms with Crippen LogP contribution >= 0.6 is 0 Å². The molecule has 2 amide bonds. The molecule has 10 nitrogen and oxygen atoms in total. The summed E-state index contributed by atoms with van der Waals surface area (Å²) in [6, 6.07) is 14.1. The molecular weight excluding hydrogens is 474 g/mol. The number of esters is 1. The Morgan fingerprint density at radius 1 is 1.05 bits per heavy atom. The zero-order chi connectivity index (χ0) is 26.4. The van der Waals surface area contributed by atoms with Gasteiger partial charge in [-0.1, -0.05) is 18.2 Å². The van der Waals surface area contributed by atoms with E-state index in [1.54, 1.807) is 48.2 Å². The molecule has 2 saturated heterocycles. The first kappa shape index (κ1) is 26.3. The highest BCUT2D eigenvalue weighted by Gasteiger charge is 2.34. The Balaban J connectivity index is 1.27. The van der Waals surface area contributed by atoms with Crippen molar-refractivity contribution < 1.29 is 23.9 Å². The van der Waals surface area contributed by atoms with Gasteiger partial charge < -0.3 is 14.8 Å². The molecule has 2 heterocycles. The van der Waals surface area contributed by atoms with E-state index in [2.05, 4.69) is 15.1 Å². The van der Waals surface area contributed by atoms with Gasteiger partial charge in [0.15, 0.2) is 0 Å². The van der Waals surface area contributed by atoms with E-state index in [-0.39, 0.29) is 23.8 Å². The van der Waals surface area contributed by atoms with Gasteiger partial charge in [0, 0.05) is 49.5 Å². The molecule has 2 aromatic rings. The van der Waals surface area contributed by atoms with E-state index in [0.717, 1.165) is 31.7 Å². The van der Waals surface area contributed by atoms with Crippen molar-refractivity contribution in [2.45, 2.75) is 20.0 Å². The second-order valence-corrected chi connectivity index (χ2v) is 9.19. The SMILES string of the molecule is CCOC(=O)CN1CCN(CC2CN(c3ccc(C(=N)NC(=O)c4ccccc4C)cc3)C(=O)O2)CC1. The van der Waals surface area contributed by atoms with Crippen molar-refractivity contribution in [2.24, 2.45) is 0 Å². The number of rotatable bonds is 8. The van der Waals surface area contributed by atoms with Crippen LogP contribution in [0.4, 0.5) is 10.5 Å². The fourth-order valence-corrected chi connectivity index (χ4v) is 4.52. The number of aryl methyl sites for hydroxylation is 1. The largest absolute Gasteiger partial charge is 0.465 e. The van der Waals surface area contributed by atoms with Crippen molar-refractivity contribution in [1.82, 2.24) is 15.1 Å². The number of nitrogens with zero attached hydrogens (tertiary/aromatic N) is 3. The summed E-state index contributed by atoms with van der Waals surface area (Å²) in [7, 11) is 0. The lowest BCUT2D eigenvalue weighted by atomic mass is 10.1. The highest BCUT2D eigenvalue weighted by Crippen LogP contribution is 2.23. The fourth-order valence-electron chi connectivity index (χ4n) is 4.52. The van der Waals surface area contributed by atoms with Crippen LogP contribution in [0.15, 0.2) is 48.5 Å². The monoisotopic (exact) mass is 507 g/mol. The number of carbonyl (C=O) groups is 3. The number of amidine groups is 1. The van der Waals surface area contributed by atoms with Gasteiger partial charge in [-0.15, -0.1) is 0 Å². The first-order chi connectivity index (χ1) is 17.8. The third-order valence-corrected chi connectivity index (χ3v) is 6.55. The Labute approximate surface area is 216 Å². The number of anilines is 1.